The number of Topliss-reactive ketones (excluding diaryl/α,β-unsaturated/α-hetero) is 1. The fourth-order valence-corrected chi connectivity index (χ4v) is 7.15. The van der Waals surface area contributed by atoms with Gasteiger partial charge in [0.1, 0.15) is 23.0 Å². The molecule has 7 rings (SSSR count). The fraction of sp³-hybridized carbons (Fsp3) is 0.312. The predicted octanol–water partition coefficient (Wildman–Crippen LogP) is 6.00. The molecule has 10 nitrogen and oxygen atoms in total. The van der Waals surface area contributed by atoms with Crippen LogP contribution in [0.4, 0.5) is 5.82 Å². The van der Waals surface area contributed by atoms with Crippen molar-refractivity contribution in [3.8, 4) is 11.1 Å². The normalized spacial score (nSPS) is 20.7. The van der Waals surface area contributed by atoms with Crippen molar-refractivity contribution in [3.63, 3.8) is 0 Å². The number of carbonyl (C=O) groups excluding carboxylic acids is 3. The number of likely N-dealkylation sites (tertiary alicyclic amines) is 1. The summed E-state index contributed by atoms with van der Waals surface area (Å²) in [6, 6.07) is 10.6. The zero-order valence-electron chi connectivity index (χ0n) is 24.6. The van der Waals surface area contributed by atoms with E-state index in [4.69, 9.17) is 11.6 Å². The van der Waals surface area contributed by atoms with Gasteiger partial charge in [-0.15, -0.1) is 0 Å². The van der Waals surface area contributed by atoms with Crippen molar-refractivity contribution in [1.29, 1.82) is 0 Å². The average Bonchev–Trinajstić information content (AvgIpc) is 3.24. The van der Waals surface area contributed by atoms with Crippen LogP contribution < -0.4 is 5.32 Å². The Hall–Kier alpha value is -4.09. The van der Waals surface area contributed by atoms with Gasteiger partial charge in [0, 0.05) is 34.9 Å². The first-order chi connectivity index (χ1) is 20.9. The zero-order chi connectivity index (χ0) is 31.1. The van der Waals surface area contributed by atoms with Crippen molar-refractivity contribution in [1.82, 2.24) is 29.0 Å². The summed E-state index contributed by atoms with van der Waals surface area (Å²) in [7, 11) is 0. The Bertz CT molecular complexity index is 2050. The summed E-state index contributed by atoms with van der Waals surface area (Å²) in [4.78, 5) is 50.7. The molecule has 1 aromatic carbocycles. The summed E-state index contributed by atoms with van der Waals surface area (Å²) in [6.07, 6.45) is 5.09. The number of anilines is 1. The highest BCUT2D eigenvalue weighted by Crippen LogP contribution is 2.59. The van der Waals surface area contributed by atoms with Crippen molar-refractivity contribution in [2.75, 3.05) is 5.32 Å². The van der Waals surface area contributed by atoms with Crippen LogP contribution in [0.3, 0.4) is 0 Å². The zero-order valence-corrected chi connectivity index (χ0v) is 26.9. The van der Waals surface area contributed by atoms with Crippen molar-refractivity contribution < 1.29 is 14.4 Å². The van der Waals surface area contributed by atoms with Gasteiger partial charge in [0.05, 0.1) is 10.5 Å². The van der Waals surface area contributed by atoms with Crippen LogP contribution in [0.1, 0.15) is 48.4 Å². The quantitative estimate of drug-likeness (QED) is 0.175. The summed E-state index contributed by atoms with van der Waals surface area (Å²) >= 11 is 9.59. The molecule has 1 N–H and O–H groups in total. The maximum Gasteiger partial charge on any atom is 0.248 e. The lowest BCUT2D eigenvalue weighted by molar-refractivity contribution is -0.138. The number of benzene rings is 1. The van der Waals surface area contributed by atoms with Gasteiger partial charge in [-0.25, -0.2) is 14.5 Å². The molecule has 5 aromatic rings. The minimum absolute atomic E-state index is 0.000407. The summed E-state index contributed by atoms with van der Waals surface area (Å²) < 4.78 is 4.13. The first-order valence-corrected chi connectivity index (χ1v) is 15.5. The van der Waals surface area contributed by atoms with Gasteiger partial charge < -0.3 is 14.8 Å². The number of carbonyl (C=O) groups is 3. The number of halogens is 2. The van der Waals surface area contributed by atoms with E-state index >= 15 is 0 Å². The highest BCUT2D eigenvalue weighted by molar-refractivity contribution is 9.10. The topological polar surface area (TPSA) is 114 Å². The number of amides is 2. The lowest BCUT2D eigenvalue weighted by Gasteiger charge is -2.27. The van der Waals surface area contributed by atoms with Gasteiger partial charge in [-0.2, -0.15) is 5.10 Å². The lowest BCUT2D eigenvalue weighted by atomic mass is 9.99. The summed E-state index contributed by atoms with van der Waals surface area (Å²) in [5.74, 6) is 0.351. The summed E-state index contributed by atoms with van der Waals surface area (Å²) in [5, 5.41) is 8.35. The first-order valence-electron chi connectivity index (χ1n) is 14.3. The van der Waals surface area contributed by atoms with Crippen molar-refractivity contribution >= 4 is 67.5 Å². The van der Waals surface area contributed by atoms with Gasteiger partial charge in [-0.3, -0.25) is 14.4 Å². The van der Waals surface area contributed by atoms with Crippen LogP contribution in [0.2, 0.25) is 5.02 Å². The lowest BCUT2D eigenvalue weighted by Crippen LogP contribution is -2.46. The number of pyridine rings is 2. The van der Waals surface area contributed by atoms with E-state index in [9.17, 15) is 14.4 Å². The third kappa shape index (κ3) is 4.78. The number of hydrogen-bond donors (Lipinski definition) is 1. The Kier molecular flexibility index (Phi) is 6.67. The van der Waals surface area contributed by atoms with Crippen LogP contribution in [-0.2, 0) is 16.1 Å². The Balaban J connectivity index is 1.21. The molecule has 4 aromatic heterocycles. The number of aryl methyl sites for hydroxylation is 2. The SMILES string of the molecule is CC(=O)c1cn(CC(=O)N2[C@H](C(=O)Nc3nc(Br)ccc3Cl)C[C@@]3(C)C[C@@H]23)c2c(C)cc(-c3ccc4nc(C)nn4c3)cc12. The molecule has 0 spiro atoms. The van der Waals surface area contributed by atoms with Crippen LogP contribution in [0.25, 0.3) is 27.7 Å². The molecule has 2 fully saturated rings. The molecule has 0 radical (unpaired) electrons. The molecule has 0 bridgehead atoms. The maximum atomic E-state index is 14.0. The molecular formula is C32H29BrClN7O3. The van der Waals surface area contributed by atoms with Gasteiger partial charge >= 0.3 is 0 Å². The highest BCUT2D eigenvalue weighted by Gasteiger charge is 2.64. The third-order valence-electron chi connectivity index (χ3n) is 8.90. The van der Waals surface area contributed by atoms with E-state index in [2.05, 4.69) is 49.3 Å². The molecule has 1 saturated carbocycles. The largest absolute Gasteiger partial charge is 0.337 e. The Morgan fingerprint density at radius 2 is 1.86 bits per heavy atom. The number of fused-ring (bicyclic) bond motifs is 3. The molecule has 44 heavy (non-hydrogen) atoms. The van der Waals surface area contributed by atoms with E-state index in [-0.39, 0.29) is 41.4 Å². The molecule has 224 valence electrons. The molecule has 5 heterocycles. The van der Waals surface area contributed by atoms with Gasteiger partial charge in [0.2, 0.25) is 11.8 Å². The standard InChI is InChI=1S/C32H29BrClN7O3/c1-16-9-20(19-5-8-27-35-18(3)38-40(27)13-19)10-21-22(17(2)42)14-39(29(16)21)15-28(43)41-24(11-32(4)12-25(32)41)31(44)37-30-23(34)6-7-26(33)36-30/h5-10,13-14,24-25H,11-12,15H2,1-4H3,(H,36,37,44)/t24-,25+,32-/m0/s1. The van der Waals surface area contributed by atoms with Crippen LogP contribution in [0.15, 0.2) is 53.4 Å². The molecule has 1 aliphatic heterocycles. The summed E-state index contributed by atoms with van der Waals surface area (Å²) in [6.45, 7) is 7.47. The van der Waals surface area contributed by atoms with Crippen molar-refractivity contribution in [2.45, 2.75) is 59.2 Å². The number of nitrogens with zero attached hydrogens (tertiary/aromatic N) is 6. The summed E-state index contributed by atoms with van der Waals surface area (Å²) in [5.41, 5.74) is 4.80. The number of rotatable bonds is 6. The van der Waals surface area contributed by atoms with Gasteiger partial charge in [0.25, 0.3) is 0 Å². The smallest absolute Gasteiger partial charge is 0.248 e. The average molecular weight is 675 g/mol. The molecule has 1 saturated heterocycles. The van der Waals surface area contributed by atoms with E-state index in [1.165, 1.54) is 6.92 Å². The van der Waals surface area contributed by atoms with E-state index in [0.29, 0.717) is 27.4 Å². The number of nitrogens with one attached hydrogen (secondary N) is 1. The second kappa shape index (κ2) is 10.2. The number of ketones is 1. The first kappa shape index (κ1) is 28.7. The predicted molar refractivity (Wildman–Crippen MR) is 171 cm³/mol. The van der Waals surface area contributed by atoms with Crippen molar-refractivity contribution in [3.05, 3.63) is 75.4 Å². The van der Waals surface area contributed by atoms with Gasteiger partial charge in [-0.05, 0) is 102 Å². The van der Waals surface area contributed by atoms with Crippen LogP contribution in [0.5, 0.6) is 0 Å². The molecule has 2 amide bonds. The maximum absolute atomic E-state index is 14.0. The second-order valence-electron chi connectivity index (χ2n) is 12.1. The minimum atomic E-state index is -0.653. The minimum Gasteiger partial charge on any atom is -0.337 e. The molecule has 0 unspecified atom stereocenters. The Morgan fingerprint density at radius 3 is 2.64 bits per heavy atom. The molecular weight excluding hydrogens is 646 g/mol. The molecule has 12 heteroatoms. The Labute approximate surface area is 266 Å². The monoisotopic (exact) mass is 673 g/mol. The van der Waals surface area contributed by atoms with Crippen LogP contribution in [-0.4, -0.2) is 58.7 Å². The third-order valence-corrected chi connectivity index (χ3v) is 9.64. The fourth-order valence-electron chi connectivity index (χ4n) is 6.69. The second-order valence-corrected chi connectivity index (χ2v) is 13.4. The van der Waals surface area contributed by atoms with E-state index < -0.39 is 6.04 Å². The number of aromatic nitrogens is 5. The number of hydrogen-bond acceptors (Lipinski definition) is 6. The van der Waals surface area contributed by atoms with E-state index in [1.807, 2.05) is 42.8 Å². The Morgan fingerprint density at radius 1 is 1.07 bits per heavy atom. The molecule has 3 atom stereocenters. The van der Waals surface area contributed by atoms with E-state index in [1.54, 1.807) is 27.7 Å². The molecule has 2 aliphatic rings. The van der Waals surface area contributed by atoms with Crippen LogP contribution in [0, 0.1) is 19.3 Å². The van der Waals surface area contributed by atoms with Gasteiger partial charge in [-0.1, -0.05) is 18.5 Å². The van der Waals surface area contributed by atoms with Crippen LogP contribution >= 0.6 is 27.5 Å². The van der Waals surface area contributed by atoms with Crippen molar-refractivity contribution in [2.24, 2.45) is 5.41 Å². The molecule has 1 aliphatic carbocycles. The van der Waals surface area contributed by atoms with Gasteiger partial charge in [0.15, 0.2) is 17.2 Å². The highest BCUT2D eigenvalue weighted by atomic mass is 79.9. The van der Waals surface area contributed by atoms with E-state index in [0.717, 1.165) is 39.7 Å². The number of piperidine rings is 1.